The van der Waals surface area contributed by atoms with Crippen LogP contribution in [0.5, 0.6) is 0 Å². The van der Waals surface area contributed by atoms with E-state index in [4.69, 9.17) is 9.15 Å². The largest absolute Gasteiger partial charge is 0.451 e. The van der Waals surface area contributed by atoms with Crippen molar-refractivity contribution >= 4 is 22.8 Å². The minimum atomic E-state index is -0.216. The molecule has 0 unspecified atom stereocenters. The van der Waals surface area contributed by atoms with Gasteiger partial charge in [-0.05, 0) is 25.8 Å². The summed E-state index contributed by atoms with van der Waals surface area (Å²) >= 11 is 0. The van der Waals surface area contributed by atoms with Crippen LogP contribution in [0.3, 0.4) is 0 Å². The van der Waals surface area contributed by atoms with Crippen molar-refractivity contribution in [1.82, 2.24) is 10.2 Å². The first-order chi connectivity index (χ1) is 12.1. The summed E-state index contributed by atoms with van der Waals surface area (Å²) < 4.78 is 11.3. The van der Waals surface area contributed by atoms with Gasteiger partial charge >= 0.3 is 0 Å². The first-order valence-electron chi connectivity index (χ1n) is 8.74. The van der Waals surface area contributed by atoms with E-state index in [1.165, 1.54) is 0 Å². The Bertz CT molecular complexity index is 760. The van der Waals surface area contributed by atoms with Crippen molar-refractivity contribution in [3.63, 3.8) is 0 Å². The van der Waals surface area contributed by atoms with E-state index in [1.54, 1.807) is 6.92 Å². The summed E-state index contributed by atoms with van der Waals surface area (Å²) in [5, 5.41) is 3.96. The lowest BCUT2D eigenvalue weighted by molar-refractivity contribution is -0.129. The number of hydrogen-bond acceptors (Lipinski definition) is 4. The second-order valence-electron chi connectivity index (χ2n) is 6.30. The fraction of sp³-hybridized carbons (Fsp3) is 0.474. The summed E-state index contributed by atoms with van der Waals surface area (Å²) in [6.07, 6.45) is 1.51. The number of nitrogens with zero attached hydrogens (tertiary/aromatic N) is 1. The van der Waals surface area contributed by atoms with Gasteiger partial charge < -0.3 is 19.4 Å². The van der Waals surface area contributed by atoms with E-state index in [0.29, 0.717) is 37.6 Å². The summed E-state index contributed by atoms with van der Waals surface area (Å²) in [5.41, 5.74) is 1.48. The Hall–Kier alpha value is -2.34. The third kappa shape index (κ3) is 3.85. The van der Waals surface area contributed by atoms with Crippen LogP contribution in [0.4, 0.5) is 0 Å². The van der Waals surface area contributed by atoms with Crippen molar-refractivity contribution < 1.29 is 18.7 Å². The molecule has 1 aromatic carbocycles. The van der Waals surface area contributed by atoms with Crippen molar-refractivity contribution in [3.05, 3.63) is 35.6 Å². The molecule has 0 aliphatic carbocycles. The molecule has 134 valence electrons. The van der Waals surface area contributed by atoms with E-state index < -0.39 is 0 Å². The lowest BCUT2D eigenvalue weighted by Gasteiger charge is -2.31. The summed E-state index contributed by atoms with van der Waals surface area (Å²) in [7, 11) is 0. The molecule has 0 spiro atoms. The Morgan fingerprint density at radius 3 is 2.68 bits per heavy atom. The van der Waals surface area contributed by atoms with E-state index in [9.17, 15) is 9.59 Å². The average molecular weight is 344 g/mol. The first-order valence-corrected chi connectivity index (χ1v) is 8.74. The van der Waals surface area contributed by atoms with E-state index in [0.717, 1.165) is 23.8 Å². The molecule has 1 N–H and O–H groups in total. The Balaban J connectivity index is 1.74. The number of ether oxygens (including phenoxy) is 1. The molecule has 0 saturated carbocycles. The number of para-hydroxylation sites is 1. The normalized spacial score (nSPS) is 15.5. The fourth-order valence-corrected chi connectivity index (χ4v) is 3.22. The SMILES string of the molecule is CCOCc1c(C(=O)NC2CCN(C(C)=O)CC2)oc2ccccc12. The number of fused-ring (bicyclic) bond motifs is 1. The van der Waals surface area contributed by atoms with Crippen LogP contribution in [-0.2, 0) is 16.1 Å². The van der Waals surface area contributed by atoms with E-state index in [1.807, 2.05) is 36.1 Å². The van der Waals surface area contributed by atoms with Gasteiger partial charge in [-0.25, -0.2) is 0 Å². The highest BCUT2D eigenvalue weighted by Crippen LogP contribution is 2.27. The number of carbonyl (C=O) groups is 2. The van der Waals surface area contributed by atoms with Gasteiger partial charge in [0, 0.05) is 43.6 Å². The van der Waals surface area contributed by atoms with Gasteiger partial charge in [-0.15, -0.1) is 0 Å². The average Bonchev–Trinajstić information content (AvgIpc) is 2.99. The number of amides is 2. The molecule has 0 bridgehead atoms. The number of nitrogens with one attached hydrogen (secondary N) is 1. The summed E-state index contributed by atoms with van der Waals surface area (Å²) in [6, 6.07) is 7.65. The Kier molecular flexibility index (Phi) is 5.38. The highest BCUT2D eigenvalue weighted by Gasteiger charge is 2.26. The van der Waals surface area contributed by atoms with Crippen LogP contribution in [0.15, 0.2) is 28.7 Å². The van der Waals surface area contributed by atoms with Crippen molar-refractivity contribution in [2.45, 2.75) is 39.3 Å². The van der Waals surface area contributed by atoms with Crippen LogP contribution in [0.2, 0.25) is 0 Å². The predicted octanol–water partition coefficient (Wildman–Crippen LogP) is 2.71. The molecule has 0 atom stereocenters. The third-order valence-electron chi connectivity index (χ3n) is 4.63. The van der Waals surface area contributed by atoms with Crippen LogP contribution in [0.25, 0.3) is 11.0 Å². The van der Waals surface area contributed by atoms with E-state index in [2.05, 4.69) is 5.32 Å². The number of likely N-dealkylation sites (tertiary alicyclic amines) is 1. The van der Waals surface area contributed by atoms with Gasteiger partial charge in [0.05, 0.1) is 6.61 Å². The van der Waals surface area contributed by atoms with Gasteiger partial charge in [0.15, 0.2) is 5.76 Å². The molecule has 3 rings (SSSR count). The lowest BCUT2D eigenvalue weighted by atomic mass is 10.0. The third-order valence-corrected chi connectivity index (χ3v) is 4.63. The number of piperidine rings is 1. The maximum absolute atomic E-state index is 12.7. The Labute approximate surface area is 147 Å². The maximum Gasteiger partial charge on any atom is 0.287 e. The van der Waals surface area contributed by atoms with E-state index in [-0.39, 0.29) is 17.9 Å². The van der Waals surface area contributed by atoms with Gasteiger partial charge in [-0.3, -0.25) is 9.59 Å². The number of furan rings is 1. The highest BCUT2D eigenvalue weighted by atomic mass is 16.5. The standard InChI is InChI=1S/C19H24N2O4/c1-3-24-12-16-15-6-4-5-7-17(15)25-18(16)19(23)20-14-8-10-21(11-9-14)13(2)22/h4-7,14H,3,8-12H2,1-2H3,(H,20,23). The Morgan fingerprint density at radius 1 is 1.28 bits per heavy atom. The van der Waals surface area contributed by atoms with Crippen molar-refractivity contribution in [2.75, 3.05) is 19.7 Å². The van der Waals surface area contributed by atoms with Gasteiger partial charge in [0.25, 0.3) is 5.91 Å². The number of carbonyl (C=O) groups excluding carboxylic acids is 2. The van der Waals surface area contributed by atoms with Crippen LogP contribution in [-0.4, -0.2) is 42.5 Å². The first kappa shape index (κ1) is 17.5. The number of hydrogen-bond donors (Lipinski definition) is 1. The summed E-state index contributed by atoms with van der Waals surface area (Å²) in [5.74, 6) is 0.192. The highest BCUT2D eigenvalue weighted by molar-refractivity contribution is 5.99. The molecule has 1 fully saturated rings. The number of rotatable bonds is 5. The van der Waals surface area contributed by atoms with Crippen LogP contribution < -0.4 is 5.32 Å². The van der Waals surface area contributed by atoms with E-state index >= 15 is 0 Å². The minimum Gasteiger partial charge on any atom is -0.451 e. The number of benzene rings is 1. The zero-order valence-electron chi connectivity index (χ0n) is 14.7. The molecule has 1 aliphatic rings. The molecule has 6 heteroatoms. The van der Waals surface area contributed by atoms with Gasteiger partial charge in [-0.2, -0.15) is 0 Å². The summed E-state index contributed by atoms with van der Waals surface area (Å²) in [6.45, 7) is 5.76. The van der Waals surface area contributed by atoms with Gasteiger partial charge in [-0.1, -0.05) is 18.2 Å². The molecule has 6 nitrogen and oxygen atoms in total. The molecule has 25 heavy (non-hydrogen) atoms. The summed E-state index contributed by atoms with van der Waals surface area (Å²) in [4.78, 5) is 26.0. The minimum absolute atomic E-state index is 0.0521. The monoisotopic (exact) mass is 344 g/mol. The lowest BCUT2D eigenvalue weighted by Crippen LogP contribution is -2.46. The second-order valence-corrected chi connectivity index (χ2v) is 6.30. The zero-order chi connectivity index (χ0) is 17.8. The van der Waals surface area contributed by atoms with Crippen molar-refractivity contribution in [1.29, 1.82) is 0 Å². The second kappa shape index (κ2) is 7.70. The smallest absolute Gasteiger partial charge is 0.287 e. The quantitative estimate of drug-likeness (QED) is 0.905. The van der Waals surface area contributed by atoms with Crippen LogP contribution >= 0.6 is 0 Å². The molecule has 2 amide bonds. The molecule has 1 aliphatic heterocycles. The molecular weight excluding hydrogens is 320 g/mol. The Morgan fingerprint density at radius 2 is 2.00 bits per heavy atom. The van der Waals surface area contributed by atoms with Gasteiger partial charge in [0.2, 0.25) is 5.91 Å². The van der Waals surface area contributed by atoms with Gasteiger partial charge in [0.1, 0.15) is 5.58 Å². The molecule has 2 aromatic rings. The van der Waals surface area contributed by atoms with Crippen molar-refractivity contribution in [2.24, 2.45) is 0 Å². The predicted molar refractivity (Wildman–Crippen MR) is 94.3 cm³/mol. The van der Waals surface area contributed by atoms with Crippen LogP contribution in [0.1, 0.15) is 42.8 Å². The topological polar surface area (TPSA) is 71.8 Å². The van der Waals surface area contributed by atoms with Crippen molar-refractivity contribution in [3.8, 4) is 0 Å². The molecule has 1 aromatic heterocycles. The molecular formula is C19H24N2O4. The fourth-order valence-electron chi connectivity index (χ4n) is 3.22. The molecule has 1 saturated heterocycles. The zero-order valence-corrected chi connectivity index (χ0v) is 14.7. The van der Waals surface area contributed by atoms with Crippen LogP contribution in [0, 0.1) is 0 Å². The molecule has 2 heterocycles. The maximum atomic E-state index is 12.7. The molecule has 0 radical (unpaired) electrons.